The fourth-order valence-corrected chi connectivity index (χ4v) is 2.52. The van der Waals surface area contributed by atoms with Gasteiger partial charge in [0.05, 0.1) is 0 Å². The Morgan fingerprint density at radius 1 is 0.737 bits per heavy atom. The highest BCUT2D eigenvalue weighted by molar-refractivity contribution is 5.67. The van der Waals surface area contributed by atoms with Crippen molar-refractivity contribution in [1.82, 2.24) is 0 Å². The van der Waals surface area contributed by atoms with Crippen LogP contribution in [0.4, 0.5) is 0 Å². The summed E-state index contributed by atoms with van der Waals surface area (Å²) in [5.41, 5.74) is 6.30. The highest BCUT2D eigenvalue weighted by Gasteiger charge is 2.05. The quantitative estimate of drug-likeness (QED) is 0.835. The number of aromatic hydroxyl groups is 1. The molecule has 1 N–H and O–H groups in total. The molecule has 0 aromatic heterocycles. The third-order valence-corrected chi connectivity index (χ3v) is 3.69. The first-order chi connectivity index (χ1) is 9.17. The average molecular weight is 254 g/mol. The van der Waals surface area contributed by atoms with E-state index in [9.17, 15) is 5.11 Å². The Bertz CT molecular complexity index is 570. The van der Waals surface area contributed by atoms with Crippen molar-refractivity contribution < 1.29 is 5.11 Å². The van der Waals surface area contributed by atoms with Gasteiger partial charge >= 0.3 is 0 Å². The third kappa shape index (κ3) is 2.98. The van der Waals surface area contributed by atoms with Gasteiger partial charge in [0.25, 0.3) is 0 Å². The molecule has 0 radical (unpaired) electrons. The second-order valence-electron chi connectivity index (χ2n) is 4.93. The molecule has 0 bridgehead atoms. The van der Waals surface area contributed by atoms with Crippen molar-refractivity contribution in [2.45, 2.75) is 40.0 Å². The third-order valence-electron chi connectivity index (χ3n) is 3.69. The SMILES string of the molecule is CCc1cc(O)cc(-c2ccc(CC)c(CC)c2)c1. The number of benzene rings is 2. The smallest absolute Gasteiger partial charge is 0.116 e. The van der Waals surface area contributed by atoms with Crippen LogP contribution in [0.3, 0.4) is 0 Å². The van der Waals surface area contributed by atoms with Crippen molar-refractivity contribution in [2.75, 3.05) is 0 Å². The predicted molar refractivity (Wildman–Crippen MR) is 81.7 cm³/mol. The number of phenols is 1. The Hall–Kier alpha value is -1.76. The van der Waals surface area contributed by atoms with Crippen LogP contribution in [0.5, 0.6) is 5.75 Å². The molecule has 0 aliphatic rings. The van der Waals surface area contributed by atoms with E-state index in [-0.39, 0.29) is 0 Å². The van der Waals surface area contributed by atoms with Crippen molar-refractivity contribution >= 4 is 0 Å². The van der Waals surface area contributed by atoms with Gasteiger partial charge in [0.15, 0.2) is 0 Å². The summed E-state index contributed by atoms with van der Waals surface area (Å²) in [4.78, 5) is 0. The first-order valence-electron chi connectivity index (χ1n) is 7.13. The van der Waals surface area contributed by atoms with Crippen LogP contribution < -0.4 is 0 Å². The summed E-state index contributed by atoms with van der Waals surface area (Å²) in [7, 11) is 0. The van der Waals surface area contributed by atoms with Crippen LogP contribution in [-0.2, 0) is 19.3 Å². The van der Waals surface area contributed by atoms with Gasteiger partial charge in [-0.3, -0.25) is 0 Å². The largest absolute Gasteiger partial charge is 0.508 e. The Balaban J connectivity index is 2.49. The van der Waals surface area contributed by atoms with E-state index in [2.05, 4.69) is 45.0 Å². The molecule has 1 nitrogen and oxygen atoms in total. The minimum atomic E-state index is 0.354. The van der Waals surface area contributed by atoms with E-state index in [0.717, 1.165) is 24.8 Å². The normalized spacial score (nSPS) is 10.7. The Morgan fingerprint density at radius 2 is 1.47 bits per heavy atom. The van der Waals surface area contributed by atoms with Crippen molar-refractivity contribution in [2.24, 2.45) is 0 Å². The van der Waals surface area contributed by atoms with Gasteiger partial charge in [0.1, 0.15) is 5.75 Å². The minimum Gasteiger partial charge on any atom is -0.508 e. The summed E-state index contributed by atoms with van der Waals surface area (Å²) >= 11 is 0. The lowest BCUT2D eigenvalue weighted by Crippen LogP contribution is -1.92. The molecule has 0 atom stereocenters. The second-order valence-corrected chi connectivity index (χ2v) is 4.93. The molecule has 2 aromatic rings. The van der Waals surface area contributed by atoms with Gasteiger partial charge in [0.2, 0.25) is 0 Å². The number of phenolic OH excluding ortho intramolecular Hbond substituents is 1. The maximum Gasteiger partial charge on any atom is 0.116 e. The zero-order chi connectivity index (χ0) is 13.8. The van der Waals surface area contributed by atoms with Gasteiger partial charge in [-0.2, -0.15) is 0 Å². The van der Waals surface area contributed by atoms with Gasteiger partial charge < -0.3 is 5.11 Å². The van der Waals surface area contributed by atoms with Gasteiger partial charge in [-0.1, -0.05) is 45.0 Å². The summed E-state index contributed by atoms with van der Waals surface area (Å²) in [6.45, 7) is 6.49. The highest BCUT2D eigenvalue weighted by atomic mass is 16.3. The van der Waals surface area contributed by atoms with Crippen LogP contribution in [-0.4, -0.2) is 5.11 Å². The molecule has 0 spiro atoms. The molecule has 2 aromatic carbocycles. The van der Waals surface area contributed by atoms with E-state index in [1.165, 1.54) is 22.3 Å². The first kappa shape index (κ1) is 13.7. The predicted octanol–water partition coefficient (Wildman–Crippen LogP) is 4.75. The molecule has 100 valence electrons. The Labute approximate surface area is 115 Å². The van der Waals surface area contributed by atoms with Crippen LogP contribution in [0.1, 0.15) is 37.5 Å². The van der Waals surface area contributed by atoms with E-state index < -0.39 is 0 Å². The molecule has 0 fully saturated rings. The van der Waals surface area contributed by atoms with Crippen molar-refractivity contribution in [3.8, 4) is 16.9 Å². The average Bonchev–Trinajstić information content (AvgIpc) is 2.45. The zero-order valence-electron chi connectivity index (χ0n) is 12.0. The summed E-state index contributed by atoms with van der Waals surface area (Å²) in [5, 5.41) is 9.81. The summed E-state index contributed by atoms with van der Waals surface area (Å²) in [6.07, 6.45) is 3.06. The maximum absolute atomic E-state index is 9.81. The molecule has 2 rings (SSSR count). The lowest BCUT2D eigenvalue weighted by molar-refractivity contribution is 0.475. The molecule has 0 unspecified atom stereocenters. The molecule has 0 amide bonds. The van der Waals surface area contributed by atoms with E-state index in [1.54, 1.807) is 0 Å². The van der Waals surface area contributed by atoms with Gasteiger partial charge in [0, 0.05) is 0 Å². The summed E-state index contributed by atoms with van der Waals surface area (Å²) in [6, 6.07) is 12.5. The number of hydrogen-bond donors (Lipinski definition) is 1. The second kappa shape index (κ2) is 5.92. The van der Waals surface area contributed by atoms with Gasteiger partial charge in [-0.15, -0.1) is 0 Å². The van der Waals surface area contributed by atoms with Crippen LogP contribution >= 0.6 is 0 Å². The molecular weight excluding hydrogens is 232 g/mol. The van der Waals surface area contributed by atoms with Crippen LogP contribution in [0.15, 0.2) is 36.4 Å². The Morgan fingerprint density at radius 3 is 2.11 bits per heavy atom. The van der Waals surface area contributed by atoms with E-state index in [4.69, 9.17) is 0 Å². The van der Waals surface area contributed by atoms with Crippen LogP contribution in [0, 0.1) is 0 Å². The van der Waals surface area contributed by atoms with Gasteiger partial charge in [-0.05, 0) is 59.2 Å². The van der Waals surface area contributed by atoms with Crippen molar-refractivity contribution in [3.05, 3.63) is 53.1 Å². The molecule has 0 aliphatic carbocycles. The fourth-order valence-electron chi connectivity index (χ4n) is 2.52. The monoisotopic (exact) mass is 254 g/mol. The summed E-state index contributed by atoms with van der Waals surface area (Å²) < 4.78 is 0. The molecule has 0 saturated heterocycles. The van der Waals surface area contributed by atoms with Crippen LogP contribution in [0.25, 0.3) is 11.1 Å². The van der Waals surface area contributed by atoms with E-state index in [1.807, 2.05) is 12.1 Å². The molecule has 0 heterocycles. The highest BCUT2D eigenvalue weighted by Crippen LogP contribution is 2.28. The van der Waals surface area contributed by atoms with E-state index >= 15 is 0 Å². The fraction of sp³-hybridized carbons (Fsp3) is 0.333. The van der Waals surface area contributed by atoms with Crippen molar-refractivity contribution in [1.29, 1.82) is 0 Å². The van der Waals surface area contributed by atoms with Crippen molar-refractivity contribution in [3.63, 3.8) is 0 Å². The van der Waals surface area contributed by atoms with E-state index in [0.29, 0.717) is 5.75 Å². The number of rotatable bonds is 4. The molecule has 0 aliphatic heterocycles. The van der Waals surface area contributed by atoms with Gasteiger partial charge in [-0.25, -0.2) is 0 Å². The Kier molecular flexibility index (Phi) is 4.26. The molecule has 19 heavy (non-hydrogen) atoms. The first-order valence-corrected chi connectivity index (χ1v) is 7.13. The van der Waals surface area contributed by atoms with Crippen LogP contribution in [0.2, 0.25) is 0 Å². The molecular formula is C18H22O. The zero-order valence-corrected chi connectivity index (χ0v) is 12.0. The lowest BCUT2D eigenvalue weighted by Gasteiger charge is -2.10. The number of aryl methyl sites for hydroxylation is 3. The lowest BCUT2D eigenvalue weighted by atomic mass is 9.95. The standard InChI is InChI=1S/C18H22O/c1-4-13-9-17(12-18(19)10-13)16-8-7-14(5-2)15(6-3)11-16/h7-12,19H,4-6H2,1-3H3. The maximum atomic E-state index is 9.81. The number of hydrogen-bond acceptors (Lipinski definition) is 1. The summed E-state index contributed by atoms with van der Waals surface area (Å²) in [5.74, 6) is 0.354. The molecule has 0 saturated carbocycles. The topological polar surface area (TPSA) is 20.2 Å². The molecule has 1 heteroatoms. The minimum absolute atomic E-state index is 0.354.